The Bertz CT molecular complexity index is 721. The van der Waals surface area contributed by atoms with Gasteiger partial charge in [-0.05, 0) is 18.6 Å². The Balaban J connectivity index is 2.62. The summed E-state index contributed by atoms with van der Waals surface area (Å²) in [6.45, 7) is 0. The van der Waals surface area contributed by atoms with Crippen molar-refractivity contribution in [2.24, 2.45) is 5.92 Å². The highest BCUT2D eigenvalue weighted by atomic mass is 35.5. The van der Waals surface area contributed by atoms with Crippen molar-refractivity contribution in [2.45, 2.75) is 28.1 Å². The molecule has 1 aromatic carbocycles. The van der Waals surface area contributed by atoms with E-state index in [1.807, 2.05) is 4.72 Å². The van der Waals surface area contributed by atoms with Gasteiger partial charge in [0.2, 0.25) is 14.8 Å². The maximum atomic E-state index is 13.8. The lowest BCUT2D eigenvalue weighted by Gasteiger charge is -2.36. The Hall–Kier alpha value is -1.17. The van der Waals surface area contributed by atoms with Crippen LogP contribution in [0.3, 0.4) is 0 Å². The number of nitrogens with zero attached hydrogens (tertiary/aromatic N) is 1. The number of halogens is 5. The van der Waals surface area contributed by atoms with Crippen molar-refractivity contribution in [1.29, 1.82) is 5.26 Å². The largest absolute Gasteiger partial charge is 0.412 e. The molecule has 23 heavy (non-hydrogen) atoms. The molecule has 0 heterocycles. The molecular weight excluding hydrogens is 376 g/mol. The molecule has 1 N–H and O–H groups in total. The van der Waals surface area contributed by atoms with Gasteiger partial charge in [0.05, 0.1) is 22.7 Å². The third-order valence-corrected chi connectivity index (χ3v) is 7.02. The Morgan fingerprint density at radius 2 is 1.83 bits per heavy atom. The van der Waals surface area contributed by atoms with Crippen LogP contribution >= 0.6 is 23.2 Å². The highest BCUT2D eigenvalue weighted by Gasteiger charge is 2.76. The minimum absolute atomic E-state index is 0.0605. The highest BCUT2D eigenvalue weighted by Crippen LogP contribution is 2.55. The van der Waals surface area contributed by atoms with Crippen LogP contribution in [0.1, 0.15) is 6.42 Å². The summed E-state index contributed by atoms with van der Waals surface area (Å²) in [5, 5.41) is 5.90. The number of sulfonamides is 1. The van der Waals surface area contributed by atoms with Gasteiger partial charge in [0.15, 0.2) is 0 Å². The van der Waals surface area contributed by atoms with Gasteiger partial charge in [0.25, 0.3) is 0 Å². The predicted molar refractivity (Wildman–Crippen MR) is 80.8 cm³/mol. The molecule has 1 aliphatic rings. The summed E-state index contributed by atoms with van der Waals surface area (Å²) in [5.41, 5.74) is -0.0605. The number of para-hydroxylation sites is 1. The third-order valence-electron chi connectivity index (χ3n) is 3.77. The van der Waals surface area contributed by atoms with E-state index in [4.69, 9.17) is 28.5 Å². The van der Waals surface area contributed by atoms with Gasteiger partial charge >= 0.3 is 6.18 Å². The van der Waals surface area contributed by atoms with Crippen LogP contribution in [0.4, 0.5) is 18.9 Å². The van der Waals surface area contributed by atoms with Gasteiger partial charge in [-0.1, -0.05) is 18.2 Å². The predicted octanol–water partition coefficient (Wildman–Crippen LogP) is 3.49. The first kappa shape index (κ1) is 18.2. The Morgan fingerprint density at radius 3 is 2.30 bits per heavy atom. The molecule has 0 aromatic heterocycles. The third kappa shape index (κ3) is 2.75. The van der Waals surface area contributed by atoms with E-state index in [9.17, 15) is 21.6 Å². The maximum absolute atomic E-state index is 13.8. The SMILES string of the molecule is N#CC1C(Cl)CC(Cl)C1(C(F)(F)F)S(=O)(=O)Nc1ccccc1. The number of nitriles is 1. The monoisotopic (exact) mass is 386 g/mol. The molecule has 0 aliphatic heterocycles. The van der Waals surface area contributed by atoms with E-state index in [1.165, 1.54) is 30.3 Å². The van der Waals surface area contributed by atoms with Crippen molar-refractivity contribution in [3.05, 3.63) is 30.3 Å². The molecule has 0 saturated heterocycles. The van der Waals surface area contributed by atoms with Crippen LogP contribution in [0, 0.1) is 17.2 Å². The summed E-state index contributed by atoms with van der Waals surface area (Å²) >= 11 is 11.5. The van der Waals surface area contributed by atoms with Gasteiger partial charge in [-0.3, -0.25) is 4.72 Å². The number of nitrogens with one attached hydrogen (secondary N) is 1. The van der Waals surface area contributed by atoms with Crippen molar-refractivity contribution in [2.75, 3.05) is 4.72 Å². The molecule has 0 amide bonds. The molecule has 1 aromatic rings. The molecular formula is C13H11Cl2F3N2O2S. The van der Waals surface area contributed by atoms with Crippen molar-refractivity contribution in [3.8, 4) is 6.07 Å². The van der Waals surface area contributed by atoms with Gasteiger partial charge < -0.3 is 0 Å². The first-order valence-corrected chi connectivity index (χ1v) is 8.75. The van der Waals surface area contributed by atoms with Crippen LogP contribution in [0.15, 0.2) is 30.3 Å². The fourth-order valence-corrected chi connectivity index (χ4v) is 6.04. The van der Waals surface area contributed by atoms with E-state index in [-0.39, 0.29) is 5.69 Å². The molecule has 1 saturated carbocycles. The second-order valence-electron chi connectivity index (χ2n) is 5.09. The van der Waals surface area contributed by atoms with E-state index in [0.29, 0.717) is 0 Å². The van der Waals surface area contributed by atoms with Crippen LogP contribution in [-0.2, 0) is 10.0 Å². The van der Waals surface area contributed by atoms with Gasteiger partial charge in [0.1, 0.15) is 0 Å². The van der Waals surface area contributed by atoms with Gasteiger partial charge in [-0.2, -0.15) is 18.4 Å². The minimum Gasteiger partial charge on any atom is -0.283 e. The quantitative estimate of drug-likeness (QED) is 0.808. The summed E-state index contributed by atoms with van der Waals surface area (Å²) in [6.07, 6.45) is -5.72. The molecule has 4 unspecified atom stereocenters. The Labute approximate surface area is 141 Å². The van der Waals surface area contributed by atoms with Crippen LogP contribution in [0.25, 0.3) is 0 Å². The van der Waals surface area contributed by atoms with Crippen molar-refractivity contribution in [1.82, 2.24) is 0 Å². The second-order valence-corrected chi connectivity index (χ2v) is 8.06. The van der Waals surface area contributed by atoms with E-state index in [2.05, 4.69) is 0 Å². The summed E-state index contributed by atoms with van der Waals surface area (Å²) in [7, 11) is -5.09. The van der Waals surface area contributed by atoms with Crippen molar-refractivity contribution >= 4 is 38.9 Å². The lowest BCUT2D eigenvalue weighted by Crippen LogP contribution is -2.61. The summed E-state index contributed by atoms with van der Waals surface area (Å²) in [5.74, 6) is -2.02. The first-order chi connectivity index (χ1) is 10.6. The lowest BCUT2D eigenvalue weighted by molar-refractivity contribution is -0.164. The molecule has 0 radical (unpaired) electrons. The van der Waals surface area contributed by atoms with Gasteiger partial charge in [-0.15, -0.1) is 23.2 Å². The van der Waals surface area contributed by atoms with Gasteiger partial charge in [0, 0.05) is 5.69 Å². The Morgan fingerprint density at radius 1 is 1.26 bits per heavy atom. The molecule has 1 aliphatic carbocycles. The van der Waals surface area contributed by atoms with Crippen LogP contribution < -0.4 is 4.72 Å². The maximum Gasteiger partial charge on any atom is 0.412 e. The summed E-state index contributed by atoms with van der Waals surface area (Å²) in [4.78, 5) is 0. The number of rotatable bonds is 3. The average molecular weight is 387 g/mol. The topological polar surface area (TPSA) is 70.0 Å². The van der Waals surface area contributed by atoms with E-state index < -0.39 is 44.0 Å². The fraction of sp³-hybridized carbons (Fsp3) is 0.462. The number of hydrogen-bond donors (Lipinski definition) is 1. The minimum atomic E-state index is -5.27. The van der Waals surface area contributed by atoms with Crippen LogP contribution in [-0.4, -0.2) is 30.1 Å². The van der Waals surface area contributed by atoms with E-state index in [1.54, 1.807) is 6.07 Å². The highest BCUT2D eigenvalue weighted by molar-refractivity contribution is 7.94. The zero-order chi connectivity index (χ0) is 17.5. The second kappa shape index (κ2) is 6.04. The van der Waals surface area contributed by atoms with Crippen molar-refractivity contribution in [3.63, 3.8) is 0 Å². The van der Waals surface area contributed by atoms with Crippen LogP contribution in [0.2, 0.25) is 0 Å². The Kier molecular flexibility index (Phi) is 4.77. The number of benzene rings is 1. The molecule has 4 atom stereocenters. The molecule has 1 fully saturated rings. The zero-order valence-corrected chi connectivity index (χ0v) is 13.7. The first-order valence-electron chi connectivity index (χ1n) is 6.40. The normalized spacial score (nSPS) is 31.6. The molecule has 126 valence electrons. The summed E-state index contributed by atoms with van der Waals surface area (Å²) in [6, 6.07) is 8.44. The van der Waals surface area contributed by atoms with Crippen molar-refractivity contribution < 1.29 is 21.6 Å². The fourth-order valence-electron chi connectivity index (χ4n) is 2.74. The zero-order valence-electron chi connectivity index (χ0n) is 11.4. The number of alkyl halides is 5. The number of hydrogen-bond acceptors (Lipinski definition) is 3. The van der Waals surface area contributed by atoms with Gasteiger partial charge in [-0.25, -0.2) is 8.42 Å². The molecule has 2 rings (SSSR count). The molecule has 0 bridgehead atoms. The smallest absolute Gasteiger partial charge is 0.283 e. The average Bonchev–Trinajstić information content (AvgIpc) is 2.70. The number of anilines is 1. The van der Waals surface area contributed by atoms with E-state index in [0.717, 1.165) is 0 Å². The summed E-state index contributed by atoms with van der Waals surface area (Å²) < 4.78 is 64.8. The molecule has 4 nitrogen and oxygen atoms in total. The molecule has 0 spiro atoms. The standard InChI is InChI=1S/C13H11Cl2F3N2O2S/c14-10-6-11(15)12(9(10)7-19,13(16,17)18)23(21,22)20-8-4-2-1-3-5-8/h1-5,9-11,20H,6H2. The lowest BCUT2D eigenvalue weighted by atomic mass is 9.95. The van der Waals surface area contributed by atoms with E-state index >= 15 is 0 Å². The van der Waals surface area contributed by atoms with Crippen LogP contribution in [0.5, 0.6) is 0 Å². The molecule has 10 heteroatoms.